The molecule has 1 aliphatic rings. The summed E-state index contributed by atoms with van der Waals surface area (Å²) in [6.45, 7) is 0.904. The molecule has 2 amide bonds. The molecule has 1 fully saturated rings. The van der Waals surface area contributed by atoms with Crippen molar-refractivity contribution in [3.63, 3.8) is 0 Å². The summed E-state index contributed by atoms with van der Waals surface area (Å²) in [6.07, 6.45) is 2.03. The normalized spacial score (nSPS) is 14.5. The van der Waals surface area contributed by atoms with E-state index in [9.17, 15) is 14.4 Å². The maximum absolute atomic E-state index is 12.6. The predicted molar refractivity (Wildman–Crippen MR) is 106 cm³/mol. The third kappa shape index (κ3) is 5.19. The lowest BCUT2D eigenvalue weighted by Gasteiger charge is -2.30. The Morgan fingerprint density at radius 2 is 1.61 bits per heavy atom. The van der Waals surface area contributed by atoms with E-state index in [0.29, 0.717) is 50.0 Å². The number of hydrogen-bond acceptors (Lipinski definition) is 3. The number of rotatable bonds is 6. The molecule has 0 aliphatic carbocycles. The summed E-state index contributed by atoms with van der Waals surface area (Å²) in [4.78, 5) is 37.4. The lowest BCUT2D eigenvalue weighted by Crippen LogP contribution is -2.40. The number of benzene rings is 2. The second kappa shape index (κ2) is 9.17. The standard InChI is InChI=1S/C22H24N2O4/c25-20(11-6-16-4-2-1-3-5-16)23-19-9-7-17(8-10-19)21(26)24-14-12-18(13-15-24)22(27)28/h1-5,7-10,18H,6,11-15H2,(H,23,25)(H,27,28). The van der Waals surface area contributed by atoms with Gasteiger partial charge in [-0.1, -0.05) is 30.3 Å². The first-order chi connectivity index (χ1) is 13.5. The monoisotopic (exact) mass is 380 g/mol. The van der Waals surface area contributed by atoms with Crippen molar-refractivity contribution >= 4 is 23.5 Å². The van der Waals surface area contributed by atoms with Crippen LogP contribution in [0, 0.1) is 5.92 Å². The van der Waals surface area contributed by atoms with E-state index in [1.807, 2.05) is 30.3 Å². The van der Waals surface area contributed by atoms with Gasteiger partial charge in [-0.15, -0.1) is 0 Å². The van der Waals surface area contributed by atoms with Gasteiger partial charge in [-0.05, 0) is 49.1 Å². The number of amides is 2. The Kier molecular flexibility index (Phi) is 6.42. The molecule has 2 N–H and O–H groups in total. The Labute approximate surface area is 164 Å². The molecule has 2 aromatic carbocycles. The largest absolute Gasteiger partial charge is 0.481 e. The molecular formula is C22H24N2O4. The molecule has 6 heteroatoms. The molecule has 0 unspecified atom stereocenters. The van der Waals surface area contributed by atoms with Crippen molar-refractivity contribution in [1.29, 1.82) is 0 Å². The number of carbonyl (C=O) groups excluding carboxylic acids is 2. The molecule has 1 heterocycles. The predicted octanol–water partition coefficient (Wildman–Crippen LogP) is 3.19. The summed E-state index contributed by atoms with van der Waals surface area (Å²) < 4.78 is 0. The lowest BCUT2D eigenvalue weighted by molar-refractivity contribution is -0.143. The minimum Gasteiger partial charge on any atom is -0.481 e. The number of piperidine rings is 1. The summed E-state index contributed by atoms with van der Waals surface area (Å²) in [5.74, 6) is -1.33. The number of hydrogen-bond donors (Lipinski definition) is 2. The van der Waals surface area contributed by atoms with E-state index in [1.54, 1.807) is 29.2 Å². The van der Waals surface area contributed by atoms with Gasteiger partial charge in [0.25, 0.3) is 5.91 Å². The van der Waals surface area contributed by atoms with Crippen molar-refractivity contribution in [3.05, 3.63) is 65.7 Å². The zero-order valence-corrected chi connectivity index (χ0v) is 15.6. The van der Waals surface area contributed by atoms with Crippen LogP contribution in [0.1, 0.15) is 35.2 Å². The summed E-state index contributed by atoms with van der Waals surface area (Å²) in [5.41, 5.74) is 2.31. The topological polar surface area (TPSA) is 86.7 Å². The van der Waals surface area contributed by atoms with Gasteiger partial charge in [0, 0.05) is 30.8 Å². The van der Waals surface area contributed by atoms with E-state index in [0.717, 1.165) is 5.56 Å². The van der Waals surface area contributed by atoms with Gasteiger partial charge in [0.05, 0.1) is 5.92 Å². The van der Waals surface area contributed by atoms with Crippen molar-refractivity contribution in [2.75, 3.05) is 18.4 Å². The van der Waals surface area contributed by atoms with Crippen molar-refractivity contribution < 1.29 is 19.5 Å². The average Bonchev–Trinajstić information content (AvgIpc) is 2.73. The molecular weight excluding hydrogens is 356 g/mol. The summed E-state index contributed by atoms with van der Waals surface area (Å²) in [5, 5.41) is 11.9. The Morgan fingerprint density at radius 3 is 2.21 bits per heavy atom. The fourth-order valence-electron chi connectivity index (χ4n) is 3.33. The fraction of sp³-hybridized carbons (Fsp3) is 0.318. The van der Waals surface area contributed by atoms with Crippen molar-refractivity contribution in [1.82, 2.24) is 4.90 Å². The molecule has 0 spiro atoms. The lowest BCUT2D eigenvalue weighted by atomic mass is 9.96. The van der Waals surface area contributed by atoms with Crippen LogP contribution in [0.2, 0.25) is 0 Å². The van der Waals surface area contributed by atoms with Gasteiger partial charge in [-0.3, -0.25) is 14.4 Å². The maximum Gasteiger partial charge on any atom is 0.306 e. The molecule has 0 bridgehead atoms. The van der Waals surface area contributed by atoms with Gasteiger partial charge in [0.1, 0.15) is 0 Å². The van der Waals surface area contributed by atoms with Crippen LogP contribution in [-0.2, 0) is 16.0 Å². The minimum atomic E-state index is -0.792. The molecule has 0 atom stereocenters. The highest BCUT2D eigenvalue weighted by atomic mass is 16.4. The van der Waals surface area contributed by atoms with Crippen LogP contribution < -0.4 is 5.32 Å². The maximum atomic E-state index is 12.6. The van der Waals surface area contributed by atoms with E-state index in [-0.39, 0.29) is 17.7 Å². The first kappa shape index (κ1) is 19.6. The first-order valence-electron chi connectivity index (χ1n) is 9.49. The van der Waals surface area contributed by atoms with Crippen LogP contribution >= 0.6 is 0 Å². The van der Waals surface area contributed by atoms with Gasteiger partial charge in [0.2, 0.25) is 5.91 Å². The van der Waals surface area contributed by atoms with Crippen LogP contribution in [-0.4, -0.2) is 40.9 Å². The minimum absolute atomic E-state index is 0.0707. The number of nitrogens with one attached hydrogen (secondary N) is 1. The number of aliphatic carboxylic acids is 1. The second-order valence-corrected chi connectivity index (χ2v) is 7.02. The molecule has 2 aromatic rings. The van der Waals surface area contributed by atoms with Crippen LogP contribution in [0.15, 0.2) is 54.6 Å². The fourth-order valence-corrected chi connectivity index (χ4v) is 3.33. The first-order valence-corrected chi connectivity index (χ1v) is 9.49. The van der Waals surface area contributed by atoms with Crippen LogP contribution in [0.25, 0.3) is 0 Å². The van der Waals surface area contributed by atoms with E-state index < -0.39 is 5.97 Å². The van der Waals surface area contributed by atoms with Crippen molar-refractivity contribution in [2.45, 2.75) is 25.7 Å². The molecule has 6 nitrogen and oxygen atoms in total. The third-order valence-electron chi connectivity index (χ3n) is 5.03. The van der Waals surface area contributed by atoms with Crippen molar-refractivity contribution in [2.24, 2.45) is 5.92 Å². The number of aryl methyl sites for hydroxylation is 1. The summed E-state index contributed by atoms with van der Waals surface area (Å²) >= 11 is 0. The number of likely N-dealkylation sites (tertiary alicyclic amines) is 1. The zero-order chi connectivity index (χ0) is 19.9. The van der Waals surface area contributed by atoms with E-state index in [1.165, 1.54) is 0 Å². The quantitative estimate of drug-likeness (QED) is 0.806. The molecule has 1 saturated heterocycles. The Morgan fingerprint density at radius 1 is 0.964 bits per heavy atom. The molecule has 0 radical (unpaired) electrons. The number of anilines is 1. The highest BCUT2D eigenvalue weighted by Gasteiger charge is 2.27. The van der Waals surface area contributed by atoms with Gasteiger partial charge in [0.15, 0.2) is 0 Å². The molecule has 0 saturated carbocycles. The zero-order valence-electron chi connectivity index (χ0n) is 15.6. The number of nitrogens with zero attached hydrogens (tertiary/aromatic N) is 1. The SMILES string of the molecule is O=C(CCc1ccccc1)Nc1ccc(C(=O)N2CCC(C(=O)O)CC2)cc1. The Bertz CT molecular complexity index is 825. The van der Waals surface area contributed by atoms with Gasteiger partial charge < -0.3 is 15.3 Å². The molecule has 146 valence electrons. The summed E-state index contributed by atoms with van der Waals surface area (Å²) in [6, 6.07) is 16.7. The van der Waals surface area contributed by atoms with Crippen molar-refractivity contribution in [3.8, 4) is 0 Å². The second-order valence-electron chi connectivity index (χ2n) is 7.02. The smallest absolute Gasteiger partial charge is 0.306 e. The number of carboxylic acid groups (broad SMARTS) is 1. The third-order valence-corrected chi connectivity index (χ3v) is 5.03. The van der Waals surface area contributed by atoms with Gasteiger partial charge >= 0.3 is 5.97 Å². The molecule has 3 rings (SSSR count). The Hall–Kier alpha value is -3.15. The number of carbonyl (C=O) groups is 3. The van der Waals surface area contributed by atoms with Crippen LogP contribution in [0.5, 0.6) is 0 Å². The Balaban J connectivity index is 1.49. The van der Waals surface area contributed by atoms with Crippen LogP contribution in [0.4, 0.5) is 5.69 Å². The number of carboxylic acids is 1. The van der Waals surface area contributed by atoms with E-state index in [4.69, 9.17) is 5.11 Å². The average molecular weight is 380 g/mol. The van der Waals surface area contributed by atoms with Gasteiger partial charge in [-0.25, -0.2) is 0 Å². The molecule has 28 heavy (non-hydrogen) atoms. The molecule has 1 aliphatic heterocycles. The van der Waals surface area contributed by atoms with Crippen LogP contribution in [0.3, 0.4) is 0 Å². The van der Waals surface area contributed by atoms with E-state index in [2.05, 4.69) is 5.32 Å². The van der Waals surface area contributed by atoms with Gasteiger partial charge in [-0.2, -0.15) is 0 Å². The highest BCUT2D eigenvalue weighted by molar-refractivity contribution is 5.96. The summed E-state index contributed by atoms with van der Waals surface area (Å²) in [7, 11) is 0. The highest BCUT2D eigenvalue weighted by Crippen LogP contribution is 2.20. The molecule has 0 aromatic heterocycles. The van der Waals surface area contributed by atoms with E-state index >= 15 is 0 Å².